The highest BCUT2D eigenvalue weighted by molar-refractivity contribution is 5.97. The SMILES string of the molecule is C=C1CCC(=C)C(C)(C2C(=C)c3c(C)c(C)c(F)c(C)c3C2=C)C(=C)C1C(C)C. The zero-order valence-electron chi connectivity index (χ0n) is 19.1. The Morgan fingerprint density at radius 3 is 1.90 bits per heavy atom. The lowest BCUT2D eigenvalue weighted by Crippen LogP contribution is -2.34. The normalized spacial score (nSPS) is 27.7. The average molecular weight is 391 g/mol. The van der Waals surface area contributed by atoms with Gasteiger partial charge in [0.1, 0.15) is 5.82 Å². The van der Waals surface area contributed by atoms with E-state index < -0.39 is 0 Å². The van der Waals surface area contributed by atoms with Gasteiger partial charge in [0.05, 0.1) is 0 Å². The van der Waals surface area contributed by atoms with Gasteiger partial charge in [0.25, 0.3) is 0 Å². The first-order chi connectivity index (χ1) is 13.4. The second-order valence-corrected chi connectivity index (χ2v) is 9.63. The van der Waals surface area contributed by atoms with E-state index in [1.807, 2.05) is 20.8 Å². The number of fused-ring (bicyclic) bond motifs is 1. The third kappa shape index (κ3) is 2.77. The molecule has 154 valence electrons. The van der Waals surface area contributed by atoms with E-state index in [4.69, 9.17) is 0 Å². The van der Waals surface area contributed by atoms with E-state index >= 15 is 0 Å². The summed E-state index contributed by atoms with van der Waals surface area (Å²) in [5.41, 5.74) is 9.47. The number of halogens is 1. The molecule has 1 fully saturated rings. The molecule has 0 heterocycles. The van der Waals surface area contributed by atoms with Gasteiger partial charge in [-0.15, -0.1) is 0 Å². The first-order valence-electron chi connectivity index (χ1n) is 10.6. The maximum absolute atomic E-state index is 14.9. The largest absolute Gasteiger partial charge is 0.206 e. The van der Waals surface area contributed by atoms with Crippen molar-refractivity contribution in [2.24, 2.45) is 23.2 Å². The fraction of sp³-hybridized carbons (Fsp3) is 0.429. The summed E-state index contributed by atoms with van der Waals surface area (Å²) in [4.78, 5) is 0. The van der Waals surface area contributed by atoms with E-state index in [2.05, 4.69) is 53.7 Å². The highest BCUT2D eigenvalue weighted by Crippen LogP contribution is 2.62. The van der Waals surface area contributed by atoms with E-state index in [0.717, 1.165) is 51.8 Å². The third-order valence-electron chi connectivity index (χ3n) is 7.77. The van der Waals surface area contributed by atoms with Gasteiger partial charge in [-0.1, -0.05) is 70.4 Å². The Morgan fingerprint density at radius 2 is 1.38 bits per heavy atom. The van der Waals surface area contributed by atoms with Crippen molar-refractivity contribution in [3.8, 4) is 0 Å². The van der Waals surface area contributed by atoms with Crippen molar-refractivity contribution in [2.75, 3.05) is 0 Å². The maximum Gasteiger partial charge on any atom is 0.129 e. The molecule has 0 amide bonds. The van der Waals surface area contributed by atoms with E-state index in [9.17, 15) is 4.39 Å². The Labute approximate surface area is 176 Å². The van der Waals surface area contributed by atoms with Crippen molar-refractivity contribution >= 4 is 11.1 Å². The highest BCUT2D eigenvalue weighted by atomic mass is 19.1. The smallest absolute Gasteiger partial charge is 0.129 e. The summed E-state index contributed by atoms with van der Waals surface area (Å²) >= 11 is 0. The molecule has 1 saturated carbocycles. The molecule has 1 aromatic carbocycles. The number of benzene rings is 1. The third-order valence-corrected chi connectivity index (χ3v) is 7.77. The lowest BCUT2D eigenvalue weighted by Gasteiger charge is -2.43. The van der Waals surface area contributed by atoms with Crippen LogP contribution in [0.3, 0.4) is 0 Å². The van der Waals surface area contributed by atoms with Crippen LogP contribution in [-0.4, -0.2) is 0 Å². The zero-order chi connectivity index (χ0) is 22.0. The fourth-order valence-electron chi connectivity index (χ4n) is 5.90. The Morgan fingerprint density at radius 1 is 0.862 bits per heavy atom. The molecule has 0 saturated heterocycles. The molecule has 0 bridgehead atoms. The van der Waals surface area contributed by atoms with Crippen molar-refractivity contribution in [1.82, 2.24) is 0 Å². The Hall–Kier alpha value is -2.15. The van der Waals surface area contributed by atoms with Crippen molar-refractivity contribution < 1.29 is 4.39 Å². The molecule has 0 spiro atoms. The Bertz CT molecular complexity index is 937. The van der Waals surface area contributed by atoms with Crippen molar-refractivity contribution in [2.45, 2.75) is 54.4 Å². The van der Waals surface area contributed by atoms with Gasteiger partial charge in [0.15, 0.2) is 0 Å². The average Bonchev–Trinajstić information content (AvgIpc) is 2.87. The lowest BCUT2D eigenvalue weighted by molar-refractivity contribution is 0.361. The van der Waals surface area contributed by atoms with E-state index in [-0.39, 0.29) is 23.1 Å². The summed E-state index contributed by atoms with van der Waals surface area (Å²) in [7, 11) is 0. The lowest BCUT2D eigenvalue weighted by atomic mass is 9.60. The van der Waals surface area contributed by atoms with Gasteiger partial charge in [-0.25, -0.2) is 4.39 Å². The first-order valence-corrected chi connectivity index (χ1v) is 10.6. The van der Waals surface area contributed by atoms with Crippen LogP contribution in [0.15, 0.2) is 49.6 Å². The minimum absolute atomic E-state index is 0.0525. The molecule has 1 heteroatoms. The molecule has 0 radical (unpaired) electrons. The predicted octanol–water partition coefficient (Wildman–Crippen LogP) is 8.15. The summed E-state index contributed by atoms with van der Waals surface area (Å²) < 4.78 is 14.9. The van der Waals surface area contributed by atoms with Crippen LogP contribution in [0, 0.1) is 49.8 Å². The molecule has 0 aliphatic heterocycles. The monoisotopic (exact) mass is 390 g/mol. The number of hydrogen-bond donors (Lipinski definition) is 0. The van der Waals surface area contributed by atoms with Gasteiger partial charge in [-0.05, 0) is 78.5 Å². The van der Waals surface area contributed by atoms with E-state index in [1.165, 1.54) is 5.57 Å². The second-order valence-electron chi connectivity index (χ2n) is 9.63. The van der Waals surface area contributed by atoms with Crippen molar-refractivity contribution in [3.63, 3.8) is 0 Å². The second kappa shape index (κ2) is 6.97. The summed E-state index contributed by atoms with van der Waals surface area (Å²) in [6.45, 7) is 34.9. The molecule has 0 nitrogen and oxygen atoms in total. The summed E-state index contributed by atoms with van der Waals surface area (Å²) in [5, 5.41) is 0. The standard InChI is InChI=1S/C28H35F/c1-14(2)23-15(3)12-13-16(4)28(11,22(23)10)26-19(7)24-17(5)18(6)27(29)21(9)25(24)20(26)8/h14,23,26H,3-4,7-8,10,12-13H2,1-2,5-6,9,11H3. The molecule has 0 aromatic heterocycles. The van der Waals surface area contributed by atoms with Gasteiger partial charge >= 0.3 is 0 Å². The number of hydrogen-bond acceptors (Lipinski definition) is 0. The minimum Gasteiger partial charge on any atom is -0.206 e. The van der Waals surface area contributed by atoms with Gasteiger partial charge in [0, 0.05) is 17.3 Å². The minimum atomic E-state index is -0.384. The van der Waals surface area contributed by atoms with Crippen molar-refractivity contribution in [1.29, 1.82) is 0 Å². The molecule has 2 aliphatic rings. The van der Waals surface area contributed by atoms with Crippen molar-refractivity contribution in [3.05, 3.63) is 83.2 Å². The fourth-order valence-corrected chi connectivity index (χ4v) is 5.90. The molecule has 2 aliphatic carbocycles. The van der Waals surface area contributed by atoms with E-state index in [1.54, 1.807) is 0 Å². The topological polar surface area (TPSA) is 0 Å². The van der Waals surface area contributed by atoms with Crippen LogP contribution < -0.4 is 0 Å². The van der Waals surface area contributed by atoms with Crippen LogP contribution in [0.5, 0.6) is 0 Å². The quantitative estimate of drug-likeness (QED) is 0.353. The van der Waals surface area contributed by atoms with Gasteiger partial charge in [0.2, 0.25) is 0 Å². The van der Waals surface area contributed by atoms with Crippen LogP contribution in [0.2, 0.25) is 0 Å². The number of rotatable bonds is 2. The van der Waals surface area contributed by atoms with Gasteiger partial charge in [-0.3, -0.25) is 0 Å². The molecule has 29 heavy (non-hydrogen) atoms. The number of allylic oxidation sites excluding steroid dienone is 5. The zero-order valence-corrected chi connectivity index (χ0v) is 19.1. The summed E-state index contributed by atoms with van der Waals surface area (Å²) in [6.07, 6.45) is 1.82. The summed E-state index contributed by atoms with van der Waals surface area (Å²) in [5.74, 6) is 0.453. The predicted molar refractivity (Wildman–Crippen MR) is 125 cm³/mol. The van der Waals surface area contributed by atoms with Gasteiger partial charge in [-0.2, -0.15) is 0 Å². The van der Waals surface area contributed by atoms with Crippen LogP contribution >= 0.6 is 0 Å². The van der Waals surface area contributed by atoms with Crippen LogP contribution in [0.25, 0.3) is 11.1 Å². The van der Waals surface area contributed by atoms with Crippen LogP contribution in [-0.2, 0) is 0 Å². The molecular weight excluding hydrogens is 355 g/mol. The first kappa shape index (κ1) is 21.6. The van der Waals surface area contributed by atoms with Crippen LogP contribution in [0.1, 0.15) is 61.4 Å². The van der Waals surface area contributed by atoms with Gasteiger partial charge < -0.3 is 0 Å². The Kier molecular flexibility index (Phi) is 5.18. The molecular formula is C28H35F. The molecule has 1 aromatic rings. The maximum atomic E-state index is 14.9. The summed E-state index contributed by atoms with van der Waals surface area (Å²) in [6, 6.07) is 0. The van der Waals surface area contributed by atoms with Crippen LogP contribution in [0.4, 0.5) is 4.39 Å². The highest BCUT2D eigenvalue weighted by Gasteiger charge is 2.50. The molecule has 3 unspecified atom stereocenters. The molecule has 3 atom stereocenters. The Balaban J connectivity index is 2.25. The molecule has 0 N–H and O–H groups in total. The van der Waals surface area contributed by atoms with E-state index in [0.29, 0.717) is 17.0 Å². The molecule has 3 rings (SSSR count).